The number of benzene rings is 2. The molecule has 0 bridgehead atoms. The molecule has 1 saturated heterocycles. The van der Waals surface area contributed by atoms with Crippen molar-refractivity contribution < 1.29 is 4.79 Å². The second-order valence-corrected chi connectivity index (χ2v) is 7.14. The second-order valence-electron chi connectivity index (χ2n) is 6.09. The molecule has 1 amide bonds. The highest BCUT2D eigenvalue weighted by molar-refractivity contribution is 8.00. The first-order valence-electron chi connectivity index (χ1n) is 8.63. The lowest BCUT2D eigenvalue weighted by molar-refractivity contribution is -0.118. The molecule has 25 heavy (non-hydrogen) atoms. The van der Waals surface area contributed by atoms with Gasteiger partial charge in [-0.3, -0.25) is 4.79 Å². The van der Waals surface area contributed by atoms with Gasteiger partial charge < -0.3 is 15.5 Å². The van der Waals surface area contributed by atoms with E-state index in [1.807, 2.05) is 12.1 Å². The number of nitrogens with one attached hydrogen (secondary N) is 2. The first-order chi connectivity index (χ1) is 11.8. The molecule has 2 aromatic carbocycles. The summed E-state index contributed by atoms with van der Waals surface area (Å²) in [6, 6.07) is 14.7. The van der Waals surface area contributed by atoms with Crippen LogP contribution in [0.4, 0.5) is 0 Å². The molecule has 2 aromatic rings. The molecule has 1 aliphatic heterocycles. The first kappa shape index (κ1) is 20.0. The van der Waals surface area contributed by atoms with Crippen LogP contribution in [0.2, 0.25) is 0 Å². The fourth-order valence-electron chi connectivity index (χ4n) is 2.92. The molecular weight excluding hydrogens is 354 g/mol. The SMILES string of the molecule is Cl.O=C(CSc1ccc2ccccc2c1)NCCCN1CCNCC1. The summed E-state index contributed by atoms with van der Waals surface area (Å²) in [6.45, 7) is 6.22. The lowest BCUT2D eigenvalue weighted by atomic mass is 10.1. The van der Waals surface area contributed by atoms with Crippen molar-refractivity contribution in [2.45, 2.75) is 11.3 Å². The highest BCUT2D eigenvalue weighted by Gasteiger charge is 2.09. The van der Waals surface area contributed by atoms with Crippen LogP contribution >= 0.6 is 24.2 Å². The van der Waals surface area contributed by atoms with Gasteiger partial charge in [-0.25, -0.2) is 0 Å². The number of halogens is 1. The molecule has 0 aromatic heterocycles. The minimum Gasteiger partial charge on any atom is -0.355 e. The van der Waals surface area contributed by atoms with Gasteiger partial charge in [0.25, 0.3) is 0 Å². The maximum atomic E-state index is 12.0. The Bertz CT molecular complexity index is 677. The quantitative estimate of drug-likeness (QED) is 0.573. The van der Waals surface area contributed by atoms with Gasteiger partial charge in [-0.15, -0.1) is 24.2 Å². The number of piperazine rings is 1. The highest BCUT2D eigenvalue weighted by atomic mass is 35.5. The number of amides is 1. The van der Waals surface area contributed by atoms with E-state index in [4.69, 9.17) is 0 Å². The van der Waals surface area contributed by atoms with E-state index in [9.17, 15) is 4.79 Å². The van der Waals surface area contributed by atoms with E-state index in [0.717, 1.165) is 50.6 Å². The van der Waals surface area contributed by atoms with Gasteiger partial charge in [-0.2, -0.15) is 0 Å². The summed E-state index contributed by atoms with van der Waals surface area (Å²) in [4.78, 5) is 15.6. The van der Waals surface area contributed by atoms with Crippen molar-refractivity contribution in [1.82, 2.24) is 15.5 Å². The zero-order valence-corrected chi connectivity index (χ0v) is 16.0. The maximum absolute atomic E-state index is 12.0. The Morgan fingerprint density at radius 2 is 1.88 bits per heavy atom. The second kappa shape index (κ2) is 10.7. The van der Waals surface area contributed by atoms with Crippen molar-refractivity contribution in [3.63, 3.8) is 0 Å². The Hall–Kier alpha value is -1.27. The highest BCUT2D eigenvalue weighted by Crippen LogP contribution is 2.23. The number of hydrogen-bond donors (Lipinski definition) is 2. The molecule has 2 N–H and O–H groups in total. The number of fused-ring (bicyclic) bond motifs is 1. The van der Waals surface area contributed by atoms with Crippen molar-refractivity contribution in [1.29, 1.82) is 0 Å². The van der Waals surface area contributed by atoms with Crippen LogP contribution in [0.25, 0.3) is 10.8 Å². The molecule has 0 atom stereocenters. The Kier molecular flexibility index (Phi) is 8.55. The summed E-state index contributed by atoms with van der Waals surface area (Å²) in [5.74, 6) is 0.597. The predicted molar refractivity (Wildman–Crippen MR) is 109 cm³/mol. The van der Waals surface area contributed by atoms with Gasteiger partial charge in [-0.05, 0) is 35.9 Å². The van der Waals surface area contributed by atoms with Crippen LogP contribution in [0.1, 0.15) is 6.42 Å². The van der Waals surface area contributed by atoms with E-state index in [0.29, 0.717) is 5.75 Å². The van der Waals surface area contributed by atoms with E-state index in [-0.39, 0.29) is 18.3 Å². The Morgan fingerprint density at radius 3 is 2.68 bits per heavy atom. The van der Waals surface area contributed by atoms with Crippen LogP contribution in [0.15, 0.2) is 47.4 Å². The molecule has 3 rings (SSSR count). The number of rotatable bonds is 7. The zero-order chi connectivity index (χ0) is 16.6. The summed E-state index contributed by atoms with van der Waals surface area (Å²) in [7, 11) is 0. The van der Waals surface area contributed by atoms with Gasteiger partial charge in [0.2, 0.25) is 5.91 Å². The molecule has 136 valence electrons. The smallest absolute Gasteiger partial charge is 0.230 e. The monoisotopic (exact) mass is 379 g/mol. The third-order valence-electron chi connectivity index (χ3n) is 4.27. The largest absolute Gasteiger partial charge is 0.355 e. The average molecular weight is 380 g/mol. The van der Waals surface area contributed by atoms with Gasteiger partial charge in [0.1, 0.15) is 0 Å². The van der Waals surface area contributed by atoms with Crippen molar-refractivity contribution in [3.05, 3.63) is 42.5 Å². The zero-order valence-electron chi connectivity index (χ0n) is 14.4. The van der Waals surface area contributed by atoms with E-state index in [2.05, 4.69) is 45.9 Å². The summed E-state index contributed by atoms with van der Waals surface area (Å²) in [6.07, 6.45) is 1.02. The van der Waals surface area contributed by atoms with Gasteiger partial charge in [-0.1, -0.05) is 30.3 Å². The summed E-state index contributed by atoms with van der Waals surface area (Å²) >= 11 is 1.60. The van der Waals surface area contributed by atoms with Crippen molar-refractivity contribution in [3.8, 4) is 0 Å². The average Bonchev–Trinajstić information content (AvgIpc) is 2.64. The number of thioether (sulfide) groups is 1. The topological polar surface area (TPSA) is 44.4 Å². The molecular formula is C19H26ClN3OS. The van der Waals surface area contributed by atoms with E-state index < -0.39 is 0 Å². The Morgan fingerprint density at radius 1 is 1.12 bits per heavy atom. The first-order valence-corrected chi connectivity index (χ1v) is 9.61. The van der Waals surface area contributed by atoms with Crippen molar-refractivity contribution in [2.24, 2.45) is 0 Å². The third-order valence-corrected chi connectivity index (χ3v) is 5.27. The fourth-order valence-corrected chi connectivity index (χ4v) is 3.70. The van der Waals surface area contributed by atoms with Crippen LogP contribution in [-0.2, 0) is 4.79 Å². The van der Waals surface area contributed by atoms with E-state index in [1.165, 1.54) is 10.8 Å². The molecule has 0 spiro atoms. The van der Waals surface area contributed by atoms with E-state index in [1.54, 1.807) is 11.8 Å². The minimum absolute atomic E-state index is 0. The fraction of sp³-hybridized carbons (Fsp3) is 0.421. The Balaban J connectivity index is 0.00000225. The molecule has 1 heterocycles. The standard InChI is InChI=1S/C19H25N3OS.ClH/c23-19(21-8-3-11-22-12-9-20-10-13-22)15-24-18-7-6-16-4-1-2-5-17(16)14-18;/h1-2,4-7,14,20H,3,8-13,15H2,(H,21,23);1H. The number of hydrogen-bond acceptors (Lipinski definition) is 4. The number of carbonyl (C=O) groups is 1. The molecule has 0 aliphatic carbocycles. The minimum atomic E-state index is 0. The van der Waals surface area contributed by atoms with E-state index >= 15 is 0 Å². The normalized spacial score (nSPS) is 14.9. The predicted octanol–water partition coefficient (Wildman–Crippen LogP) is 2.77. The third kappa shape index (κ3) is 6.51. The maximum Gasteiger partial charge on any atom is 0.230 e. The summed E-state index contributed by atoms with van der Waals surface area (Å²) < 4.78 is 0. The van der Waals surface area contributed by atoms with Gasteiger partial charge in [0.05, 0.1) is 5.75 Å². The molecule has 1 fully saturated rings. The molecule has 6 heteroatoms. The van der Waals surface area contributed by atoms with Crippen LogP contribution in [0, 0.1) is 0 Å². The molecule has 4 nitrogen and oxygen atoms in total. The molecule has 1 aliphatic rings. The lowest BCUT2D eigenvalue weighted by Gasteiger charge is -2.27. The summed E-state index contributed by atoms with van der Waals surface area (Å²) in [5.41, 5.74) is 0. The molecule has 0 radical (unpaired) electrons. The summed E-state index contributed by atoms with van der Waals surface area (Å²) in [5, 5.41) is 8.84. The van der Waals surface area contributed by atoms with Gasteiger partial charge >= 0.3 is 0 Å². The van der Waals surface area contributed by atoms with Crippen LogP contribution in [-0.4, -0.2) is 55.8 Å². The van der Waals surface area contributed by atoms with Crippen molar-refractivity contribution >= 4 is 40.8 Å². The van der Waals surface area contributed by atoms with Crippen LogP contribution < -0.4 is 10.6 Å². The number of carbonyl (C=O) groups excluding carboxylic acids is 1. The lowest BCUT2D eigenvalue weighted by Crippen LogP contribution is -2.44. The number of nitrogens with zero attached hydrogens (tertiary/aromatic N) is 1. The Labute approximate surface area is 160 Å². The van der Waals surface area contributed by atoms with Gasteiger partial charge in [0, 0.05) is 37.6 Å². The van der Waals surface area contributed by atoms with Crippen molar-refractivity contribution in [2.75, 3.05) is 45.0 Å². The molecule has 0 saturated carbocycles. The van der Waals surface area contributed by atoms with Gasteiger partial charge in [0.15, 0.2) is 0 Å². The van der Waals surface area contributed by atoms with Crippen LogP contribution in [0.5, 0.6) is 0 Å². The molecule has 0 unspecified atom stereocenters. The van der Waals surface area contributed by atoms with Crippen LogP contribution in [0.3, 0.4) is 0 Å².